The third kappa shape index (κ3) is 2.85. The Bertz CT molecular complexity index is 519. The van der Waals surface area contributed by atoms with Crippen molar-refractivity contribution in [3.63, 3.8) is 0 Å². The fourth-order valence-corrected chi connectivity index (χ4v) is 2.46. The zero-order chi connectivity index (χ0) is 14.0. The molecule has 1 N–H and O–H groups in total. The van der Waals surface area contributed by atoms with Gasteiger partial charge in [-0.15, -0.1) is 0 Å². The van der Waals surface area contributed by atoms with Crippen LogP contribution < -0.4 is 5.32 Å². The first kappa shape index (κ1) is 14.2. The summed E-state index contributed by atoms with van der Waals surface area (Å²) in [5.74, 6) is -0.303. The molecule has 0 aliphatic carbocycles. The van der Waals surface area contributed by atoms with E-state index in [1.54, 1.807) is 17.0 Å². The van der Waals surface area contributed by atoms with Gasteiger partial charge in [-0.3, -0.25) is 9.59 Å². The van der Waals surface area contributed by atoms with Crippen LogP contribution in [-0.2, 0) is 4.79 Å². The number of carbonyl (C=O) groups excluding carboxylic acids is 2. The Morgan fingerprint density at radius 1 is 1.42 bits per heavy atom. The Balaban J connectivity index is 2.26. The number of benzene rings is 1. The molecule has 1 aliphatic heterocycles. The maximum atomic E-state index is 12.4. The van der Waals surface area contributed by atoms with E-state index in [0.717, 1.165) is 0 Å². The number of amides is 2. The molecule has 0 saturated carbocycles. The summed E-state index contributed by atoms with van der Waals surface area (Å²) >= 11 is 11.7. The van der Waals surface area contributed by atoms with E-state index >= 15 is 0 Å². The van der Waals surface area contributed by atoms with Crippen LogP contribution >= 0.6 is 23.2 Å². The number of nitrogens with zero attached hydrogens (tertiary/aromatic N) is 1. The van der Waals surface area contributed by atoms with Gasteiger partial charge in [0.25, 0.3) is 5.91 Å². The van der Waals surface area contributed by atoms with Crippen LogP contribution in [0.5, 0.6) is 0 Å². The molecule has 1 aromatic carbocycles. The molecule has 2 amide bonds. The third-order valence-corrected chi connectivity index (χ3v) is 3.88. The van der Waals surface area contributed by atoms with Crippen molar-refractivity contribution >= 4 is 35.0 Å². The van der Waals surface area contributed by atoms with Gasteiger partial charge < -0.3 is 10.2 Å². The quantitative estimate of drug-likeness (QED) is 0.911. The summed E-state index contributed by atoms with van der Waals surface area (Å²) in [6.07, 6.45) is 0.582. The molecule has 1 aliphatic rings. The zero-order valence-electron chi connectivity index (χ0n) is 10.5. The summed E-state index contributed by atoms with van der Waals surface area (Å²) in [5.41, 5.74) is 0.447. The summed E-state index contributed by atoms with van der Waals surface area (Å²) < 4.78 is 0. The highest BCUT2D eigenvalue weighted by atomic mass is 35.5. The van der Waals surface area contributed by atoms with Crippen molar-refractivity contribution < 1.29 is 9.59 Å². The van der Waals surface area contributed by atoms with E-state index in [9.17, 15) is 9.59 Å². The third-order valence-electron chi connectivity index (χ3n) is 3.14. The Kier molecular flexibility index (Phi) is 4.32. The second-order valence-corrected chi connectivity index (χ2v) is 5.16. The van der Waals surface area contributed by atoms with E-state index < -0.39 is 6.04 Å². The standard InChI is InChI=1S/C13H14Cl2N2O2/c1-2-11-12(18)16-5-6-17(11)13(19)8-3-4-9(14)10(15)7-8/h3-4,7,11H,2,5-6H2,1H3,(H,16,18). The lowest BCUT2D eigenvalue weighted by molar-refractivity contribution is -0.127. The lowest BCUT2D eigenvalue weighted by atomic mass is 10.1. The van der Waals surface area contributed by atoms with Crippen LogP contribution in [0.3, 0.4) is 0 Å². The smallest absolute Gasteiger partial charge is 0.254 e. The van der Waals surface area contributed by atoms with Gasteiger partial charge in [0.05, 0.1) is 10.0 Å². The highest BCUT2D eigenvalue weighted by Crippen LogP contribution is 2.24. The molecular formula is C13H14Cl2N2O2. The molecule has 19 heavy (non-hydrogen) atoms. The SMILES string of the molecule is CCC1C(=O)NCCN1C(=O)c1ccc(Cl)c(Cl)c1. The molecule has 0 spiro atoms. The van der Waals surface area contributed by atoms with Crippen molar-refractivity contribution in [3.05, 3.63) is 33.8 Å². The number of hydrogen-bond donors (Lipinski definition) is 1. The lowest BCUT2D eigenvalue weighted by Crippen LogP contribution is -2.56. The molecule has 1 unspecified atom stereocenters. The predicted octanol–water partition coefficient (Wildman–Crippen LogP) is 2.34. The van der Waals surface area contributed by atoms with Crippen molar-refractivity contribution in [3.8, 4) is 0 Å². The topological polar surface area (TPSA) is 49.4 Å². The lowest BCUT2D eigenvalue weighted by Gasteiger charge is -2.34. The maximum absolute atomic E-state index is 12.4. The molecule has 1 heterocycles. The minimum absolute atomic E-state index is 0.109. The minimum atomic E-state index is -0.421. The van der Waals surface area contributed by atoms with Gasteiger partial charge in [0, 0.05) is 18.7 Å². The van der Waals surface area contributed by atoms with E-state index in [1.807, 2.05) is 6.92 Å². The second kappa shape index (κ2) is 5.80. The summed E-state index contributed by atoms with van der Waals surface area (Å²) in [5, 5.41) is 3.50. The van der Waals surface area contributed by atoms with Gasteiger partial charge in [-0.05, 0) is 24.6 Å². The highest BCUT2D eigenvalue weighted by molar-refractivity contribution is 6.42. The molecule has 1 fully saturated rings. The number of piperazine rings is 1. The predicted molar refractivity (Wildman–Crippen MR) is 74.6 cm³/mol. The van der Waals surface area contributed by atoms with Crippen molar-refractivity contribution in [1.82, 2.24) is 10.2 Å². The Morgan fingerprint density at radius 3 is 2.79 bits per heavy atom. The van der Waals surface area contributed by atoms with Gasteiger partial charge in [0.1, 0.15) is 6.04 Å². The molecule has 0 radical (unpaired) electrons. The van der Waals surface area contributed by atoms with Crippen LogP contribution in [0.2, 0.25) is 10.0 Å². The summed E-state index contributed by atoms with van der Waals surface area (Å²) in [6, 6.07) is 4.32. The molecule has 6 heteroatoms. The fourth-order valence-electron chi connectivity index (χ4n) is 2.16. The first-order valence-electron chi connectivity index (χ1n) is 6.08. The van der Waals surface area contributed by atoms with Gasteiger partial charge in [0.2, 0.25) is 5.91 Å². The molecule has 2 rings (SSSR count). The largest absolute Gasteiger partial charge is 0.353 e. The number of carbonyl (C=O) groups is 2. The number of halogens is 2. The molecule has 4 nitrogen and oxygen atoms in total. The molecule has 1 atom stereocenters. The van der Waals surface area contributed by atoms with Crippen LogP contribution in [0.15, 0.2) is 18.2 Å². The minimum Gasteiger partial charge on any atom is -0.353 e. The van der Waals surface area contributed by atoms with Gasteiger partial charge in [0.15, 0.2) is 0 Å². The molecule has 0 aromatic heterocycles. The Labute approximate surface area is 121 Å². The van der Waals surface area contributed by atoms with Crippen LogP contribution in [0.1, 0.15) is 23.7 Å². The van der Waals surface area contributed by atoms with E-state index in [4.69, 9.17) is 23.2 Å². The van der Waals surface area contributed by atoms with Crippen LogP contribution in [-0.4, -0.2) is 35.8 Å². The highest BCUT2D eigenvalue weighted by Gasteiger charge is 2.32. The Morgan fingerprint density at radius 2 is 2.16 bits per heavy atom. The van der Waals surface area contributed by atoms with Crippen LogP contribution in [0, 0.1) is 0 Å². The summed E-state index contributed by atoms with van der Waals surface area (Å²) in [6.45, 7) is 2.86. The molecule has 102 valence electrons. The average Bonchev–Trinajstić information content (AvgIpc) is 2.40. The molecule has 0 bridgehead atoms. The first-order valence-corrected chi connectivity index (χ1v) is 6.84. The van der Waals surface area contributed by atoms with Gasteiger partial charge in [-0.2, -0.15) is 0 Å². The number of rotatable bonds is 2. The zero-order valence-corrected chi connectivity index (χ0v) is 12.0. The Hall–Kier alpha value is -1.26. The van der Waals surface area contributed by atoms with Crippen LogP contribution in [0.4, 0.5) is 0 Å². The van der Waals surface area contributed by atoms with Gasteiger partial charge in [-0.1, -0.05) is 30.1 Å². The maximum Gasteiger partial charge on any atom is 0.254 e. The molecule has 1 aromatic rings. The van der Waals surface area contributed by atoms with E-state index in [2.05, 4.69) is 5.32 Å². The second-order valence-electron chi connectivity index (χ2n) is 4.34. The van der Waals surface area contributed by atoms with Crippen molar-refractivity contribution in [2.75, 3.05) is 13.1 Å². The van der Waals surface area contributed by atoms with Crippen molar-refractivity contribution in [2.45, 2.75) is 19.4 Å². The van der Waals surface area contributed by atoms with Gasteiger partial charge >= 0.3 is 0 Å². The number of hydrogen-bond acceptors (Lipinski definition) is 2. The van der Waals surface area contributed by atoms with E-state index in [0.29, 0.717) is 35.1 Å². The number of nitrogens with one attached hydrogen (secondary N) is 1. The molecule has 1 saturated heterocycles. The first-order chi connectivity index (χ1) is 9.04. The van der Waals surface area contributed by atoms with Crippen molar-refractivity contribution in [1.29, 1.82) is 0 Å². The average molecular weight is 301 g/mol. The van der Waals surface area contributed by atoms with Crippen molar-refractivity contribution in [2.24, 2.45) is 0 Å². The van der Waals surface area contributed by atoms with E-state index in [1.165, 1.54) is 6.07 Å². The monoisotopic (exact) mass is 300 g/mol. The fraction of sp³-hybridized carbons (Fsp3) is 0.385. The van der Waals surface area contributed by atoms with Crippen LogP contribution in [0.25, 0.3) is 0 Å². The summed E-state index contributed by atoms with van der Waals surface area (Å²) in [4.78, 5) is 25.7. The summed E-state index contributed by atoms with van der Waals surface area (Å²) in [7, 11) is 0. The normalized spacial score (nSPS) is 19.2. The van der Waals surface area contributed by atoms with E-state index in [-0.39, 0.29) is 11.8 Å². The molecular weight excluding hydrogens is 287 g/mol. The van der Waals surface area contributed by atoms with Gasteiger partial charge in [-0.25, -0.2) is 0 Å².